The topological polar surface area (TPSA) is 59.9 Å². The predicted octanol–water partition coefficient (Wildman–Crippen LogP) is 5.38. The Morgan fingerprint density at radius 2 is 1.90 bits per heavy atom. The number of nitrogens with zero attached hydrogens (tertiary/aromatic N) is 3. The summed E-state index contributed by atoms with van der Waals surface area (Å²) < 4.78 is 6.31. The van der Waals surface area contributed by atoms with Gasteiger partial charge in [-0.15, -0.1) is 0 Å². The Kier molecular flexibility index (Phi) is 6.03. The second kappa shape index (κ2) is 9.03. The molecule has 0 saturated heterocycles. The average Bonchev–Trinajstić information content (AvgIpc) is 3.26. The Morgan fingerprint density at radius 1 is 1.07 bits per heavy atom. The van der Waals surface area contributed by atoms with Gasteiger partial charge in [0.1, 0.15) is 17.9 Å². The molecule has 1 atom stereocenters. The number of hydrogen-bond donors (Lipinski definition) is 1. The summed E-state index contributed by atoms with van der Waals surface area (Å²) in [5.41, 5.74) is 4.09. The molecule has 0 radical (unpaired) electrons. The van der Waals surface area contributed by atoms with Crippen molar-refractivity contribution in [3.8, 4) is 17.0 Å². The fourth-order valence-electron chi connectivity index (χ4n) is 3.78. The molecule has 5 nitrogen and oxygen atoms in total. The number of para-hydroxylation sites is 1. The first-order valence-corrected chi connectivity index (χ1v) is 10.4. The van der Waals surface area contributed by atoms with Gasteiger partial charge in [0.15, 0.2) is 0 Å². The lowest BCUT2D eigenvalue weighted by Gasteiger charge is -2.20. The van der Waals surface area contributed by atoms with Crippen LogP contribution in [-0.2, 0) is 0 Å². The van der Waals surface area contributed by atoms with Crippen molar-refractivity contribution < 1.29 is 4.74 Å². The summed E-state index contributed by atoms with van der Waals surface area (Å²) >= 11 is 0. The van der Waals surface area contributed by atoms with E-state index < -0.39 is 0 Å². The monoisotopic (exact) mass is 388 g/mol. The third-order valence-corrected chi connectivity index (χ3v) is 5.51. The molecule has 150 valence electrons. The van der Waals surface area contributed by atoms with E-state index in [-0.39, 0.29) is 0 Å². The zero-order valence-corrected chi connectivity index (χ0v) is 17.1. The van der Waals surface area contributed by atoms with Crippen molar-refractivity contribution in [2.24, 2.45) is 0 Å². The average molecular weight is 389 g/mol. The van der Waals surface area contributed by atoms with Crippen LogP contribution < -0.4 is 10.1 Å². The maximum atomic E-state index is 6.31. The number of aryl methyl sites for hydroxylation is 1. The molecule has 3 aromatic rings. The molecule has 0 aliphatic heterocycles. The van der Waals surface area contributed by atoms with E-state index in [1.807, 2.05) is 31.3 Å². The van der Waals surface area contributed by atoms with Gasteiger partial charge in [-0.25, -0.2) is 9.97 Å². The third kappa shape index (κ3) is 4.91. The van der Waals surface area contributed by atoms with Crippen molar-refractivity contribution in [3.05, 3.63) is 66.2 Å². The number of pyridine rings is 1. The maximum absolute atomic E-state index is 6.31. The fourth-order valence-corrected chi connectivity index (χ4v) is 3.78. The first-order chi connectivity index (χ1) is 14.2. The number of hydrogen-bond acceptors (Lipinski definition) is 5. The molecule has 29 heavy (non-hydrogen) atoms. The van der Waals surface area contributed by atoms with Gasteiger partial charge < -0.3 is 10.1 Å². The standard InChI is InChI=1S/C24H28N4O/c1-17(21-9-5-6-10-23(21)29-20-7-3-4-8-20)14-26-24-13-22(27-16-28-24)19-12-11-18(2)25-15-19/h5-6,9-13,15-17,20H,3-4,7-8,14H2,1-2H3,(H,26,27,28). The number of benzene rings is 1. The minimum absolute atomic E-state index is 0.298. The van der Waals surface area contributed by atoms with Crippen molar-refractivity contribution in [2.75, 3.05) is 11.9 Å². The summed E-state index contributed by atoms with van der Waals surface area (Å²) in [5, 5.41) is 3.46. The minimum atomic E-state index is 0.298. The Balaban J connectivity index is 1.43. The smallest absolute Gasteiger partial charge is 0.129 e. The van der Waals surface area contributed by atoms with Crippen LogP contribution in [0.5, 0.6) is 5.75 Å². The molecular weight excluding hydrogens is 360 g/mol. The summed E-state index contributed by atoms with van der Waals surface area (Å²) in [6.07, 6.45) is 8.69. The summed E-state index contributed by atoms with van der Waals surface area (Å²) in [7, 11) is 0. The van der Waals surface area contributed by atoms with Gasteiger partial charge in [-0.3, -0.25) is 4.98 Å². The molecule has 5 heteroatoms. The van der Waals surface area contributed by atoms with Crippen LogP contribution in [0.1, 0.15) is 49.8 Å². The Bertz CT molecular complexity index is 936. The van der Waals surface area contributed by atoms with Gasteiger partial charge in [-0.2, -0.15) is 0 Å². The van der Waals surface area contributed by atoms with Crippen LogP contribution in [0.15, 0.2) is 55.0 Å². The zero-order valence-electron chi connectivity index (χ0n) is 17.1. The Labute approximate surface area is 172 Å². The van der Waals surface area contributed by atoms with E-state index in [0.717, 1.165) is 35.1 Å². The van der Waals surface area contributed by atoms with Crippen molar-refractivity contribution in [3.63, 3.8) is 0 Å². The maximum Gasteiger partial charge on any atom is 0.129 e. The van der Waals surface area contributed by atoms with E-state index in [4.69, 9.17) is 4.74 Å². The Morgan fingerprint density at radius 3 is 2.69 bits per heavy atom. The molecule has 1 unspecified atom stereocenters. The lowest BCUT2D eigenvalue weighted by Crippen LogP contribution is -2.15. The molecule has 4 rings (SSSR count). The van der Waals surface area contributed by atoms with E-state index in [1.165, 1.54) is 31.2 Å². The van der Waals surface area contributed by atoms with Crippen LogP contribution in [0.4, 0.5) is 5.82 Å². The van der Waals surface area contributed by atoms with Crippen LogP contribution >= 0.6 is 0 Å². The molecule has 1 aromatic carbocycles. The molecule has 1 aliphatic carbocycles. The van der Waals surface area contributed by atoms with E-state index in [1.54, 1.807) is 6.33 Å². The first kappa shape index (κ1) is 19.4. The van der Waals surface area contributed by atoms with Gasteiger partial charge in [0.05, 0.1) is 11.8 Å². The predicted molar refractivity (Wildman–Crippen MR) is 116 cm³/mol. The largest absolute Gasteiger partial charge is 0.490 e. The SMILES string of the molecule is Cc1ccc(-c2cc(NCC(C)c3ccccc3OC3CCCC3)ncn2)cn1. The van der Waals surface area contributed by atoms with Crippen LogP contribution in [0.25, 0.3) is 11.3 Å². The Hall–Kier alpha value is -2.95. The van der Waals surface area contributed by atoms with Gasteiger partial charge in [0.25, 0.3) is 0 Å². The van der Waals surface area contributed by atoms with Gasteiger partial charge in [-0.1, -0.05) is 25.1 Å². The van der Waals surface area contributed by atoms with E-state index in [0.29, 0.717) is 12.0 Å². The van der Waals surface area contributed by atoms with Gasteiger partial charge in [-0.05, 0) is 56.4 Å². The quantitative estimate of drug-likeness (QED) is 0.588. The highest BCUT2D eigenvalue weighted by Gasteiger charge is 2.19. The number of ether oxygens (including phenoxy) is 1. The normalized spacial score (nSPS) is 15.2. The lowest BCUT2D eigenvalue weighted by molar-refractivity contribution is 0.207. The lowest BCUT2D eigenvalue weighted by atomic mass is 10.00. The number of aromatic nitrogens is 3. The molecule has 1 saturated carbocycles. The third-order valence-electron chi connectivity index (χ3n) is 5.51. The molecule has 0 amide bonds. The second-order valence-corrected chi connectivity index (χ2v) is 7.82. The minimum Gasteiger partial charge on any atom is -0.490 e. The highest BCUT2D eigenvalue weighted by Crippen LogP contribution is 2.31. The summed E-state index contributed by atoms with van der Waals surface area (Å²) in [6, 6.07) is 14.4. The number of anilines is 1. The first-order valence-electron chi connectivity index (χ1n) is 10.4. The highest BCUT2D eigenvalue weighted by molar-refractivity contribution is 5.61. The second-order valence-electron chi connectivity index (χ2n) is 7.82. The van der Waals surface area contributed by atoms with Crippen LogP contribution in [-0.4, -0.2) is 27.6 Å². The molecule has 2 heterocycles. The van der Waals surface area contributed by atoms with Crippen molar-refractivity contribution in [1.82, 2.24) is 15.0 Å². The van der Waals surface area contributed by atoms with Crippen LogP contribution in [0, 0.1) is 6.92 Å². The van der Waals surface area contributed by atoms with Gasteiger partial charge >= 0.3 is 0 Å². The fraction of sp³-hybridized carbons (Fsp3) is 0.375. The summed E-state index contributed by atoms with van der Waals surface area (Å²) in [5.74, 6) is 2.13. The van der Waals surface area contributed by atoms with Gasteiger partial charge in [0, 0.05) is 36.0 Å². The van der Waals surface area contributed by atoms with E-state index in [9.17, 15) is 0 Å². The number of rotatable bonds is 7. The van der Waals surface area contributed by atoms with Crippen molar-refractivity contribution >= 4 is 5.82 Å². The number of nitrogens with one attached hydrogen (secondary N) is 1. The highest BCUT2D eigenvalue weighted by atomic mass is 16.5. The molecule has 0 spiro atoms. The van der Waals surface area contributed by atoms with E-state index in [2.05, 4.69) is 51.5 Å². The zero-order chi connectivity index (χ0) is 20.1. The van der Waals surface area contributed by atoms with Crippen molar-refractivity contribution in [2.45, 2.75) is 51.6 Å². The van der Waals surface area contributed by atoms with Crippen LogP contribution in [0.2, 0.25) is 0 Å². The summed E-state index contributed by atoms with van der Waals surface area (Å²) in [6.45, 7) is 4.97. The molecule has 0 bridgehead atoms. The molecule has 1 fully saturated rings. The van der Waals surface area contributed by atoms with Crippen molar-refractivity contribution in [1.29, 1.82) is 0 Å². The molecule has 2 aromatic heterocycles. The molecule has 1 N–H and O–H groups in total. The van der Waals surface area contributed by atoms with Crippen LogP contribution in [0.3, 0.4) is 0 Å². The molecular formula is C24H28N4O. The summed E-state index contributed by atoms with van der Waals surface area (Å²) in [4.78, 5) is 13.1. The van der Waals surface area contributed by atoms with E-state index >= 15 is 0 Å². The molecule has 1 aliphatic rings. The van der Waals surface area contributed by atoms with Gasteiger partial charge in [0.2, 0.25) is 0 Å².